The first kappa shape index (κ1) is 20.4. The normalized spacial score (nSPS) is 15.8. The van der Waals surface area contributed by atoms with Crippen LogP contribution in [0.1, 0.15) is 60.1 Å². The van der Waals surface area contributed by atoms with E-state index < -0.39 is 0 Å². The molecule has 0 saturated heterocycles. The number of aromatic nitrogens is 1. The molecule has 3 aromatic rings. The Morgan fingerprint density at radius 1 is 0.938 bits per heavy atom. The number of benzene rings is 2. The highest BCUT2D eigenvalue weighted by Gasteiger charge is 2.23. The van der Waals surface area contributed by atoms with Crippen molar-refractivity contribution in [3.05, 3.63) is 83.7 Å². The van der Waals surface area contributed by atoms with E-state index in [1.807, 2.05) is 42.6 Å². The lowest BCUT2D eigenvalue weighted by Crippen LogP contribution is -2.19. The summed E-state index contributed by atoms with van der Waals surface area (Å²) in [6, 6.07) is 18.9. The van der Waals surface area contributed by atoms with Crippen molar-refractivity contribution < 1.29 is 9.59 Å². The van der Waals surface area contributed by atoms with Gasteiger partial charge in [0.2, 0.25) is 11.7 Å². The van der Waals surface area contributed by atoms with E-state index in [0.29, 0.717) is 30.2 Å². The summed E-state index contributed by atoms with van der Waals surface area (Å²) in [4.78, 5) is 30.5. The molecule has 1 amide bonds. The van der Waals surface area contributed by atoms with Crippen LogP contribution >= 0.6 is 0 Å². The van der Waals surface area contributed by atoms with Crippen LogP contribution in [-0.2, 0) is 11.3 Å². The van der Waals surface area contributed by atoms with Gasteiger partial charge in [-0.1, -0.05) is 37.5 Å². The SMILES string of the molecule is O=C(CC1CCCCC1)Nc1ccc(C(=O)C2=Nc3ccccc3Cn3cccc32)cc1. The molecule has 5 heteroatoms. The Morgan fingerprint density at radius 2 is 1.72 bits per heavy atom. The van der Waals surface area contributed by atoms with Crippen molar-refractivity contribution in [3.63, 3.8) is 0 Å². The number of anilines is 1. The second-order valence-electron chi connectivity index (χ2n) is 8.77. The highest BCUT2D eigenvalue weighted by atomic mass is 16.1. The maximum absolute atomic E-state index is 13.4. The Hall–Kier alpha value is -3.47. The zero-order valence-electron chi connectivity index (χ0n) is 18.1. The summed E-state index contributed by atoms with van der Waals surface area (Å²) >= 11 is 0. The first-order valence-electron chi connectivity index (χ1n) is 11.4. The van der Waals surface area contributed by atoms with E-state index in [9.17, 15) is 9.59 Å². The van der Waals surface area contributed by atoms with Crippen LogP contribution in [0, 0.1) is 5.92 Å². The number of aliphatic imine (C=N–C) groups is 1. The zero-order valence-corrected chi connectivity index (χ0v) is 18.1. The molecule has 5 nitrogen and oxygen atoms in total. The summed E-state index contributed by atoms with van der Waals surface area (Å²) in [5, 5.41) is 2.98. The Bertz CT molecular complexity index is 1170. The molecule has 2 heterocycles. The Kier molecular flexibility index (Phi) is 5.71. The average Bonchev–Trinajstić information content (AvgIpc) is 3.20. The Morgan fingerprint density at radius 3 is 2.53 bits per heavy atom. The van der Waals surface area contributed by atoms with Gasteiger partial charge in [-0.05, 0) is 66.8 Å². The summed E-state index contributed by atoms with van der Waals surface area (Å²) in [6.45, 7) is 0.685. The maximum Gasteiger partial charge on any atom is 0.224 e. The highest BCUT2D eigenvalue weighted by molar-refractivity contribution is 6.51. The Labute approximate surface area is 188 Å². The zero-order chi connectivity index (χ0) is 21.9. The molecule has 0 radical (unpaired) electrons. The molecule has 0 atom stereocenters. The van der Waals surface area contributed by atoms with Crippen molar-refractivity contribution in [2.24, 2.45) is 10.9 Å². The number of para-hydroxylation sites is 1. The fraction of sp³-hybridized carbons (Fsp3) is 0.296. The second kappa shape index (κ2) is 8.95. The van der Waals surface area contributed by atoms with Crippen molar-refractivity contribution in [2.75, 3.05) is 5.32 Å². The van der Waals surface area contributed by atoms with Crippen molar-refractivity contribution in [1.29, 1.82) is 0 Å². The topological polar surface area (TPSA) is 63.5 Å². The molecule has 162 valence electrons. The van der Waals surface area contributed by atoms with Crippen LogP contribution in [0.25, 0.3) is 0 Å². The van der Waals surface area contributed by atoms with Gasteiger partial charge in [-0.3, -0.25) is 9.59 Å². The summed E-state index contributed by atoms with van der Waals surface area (Å²) in [5.74, 6) is 0.428. The number of fused-ring (bicyclic) bond motifs is 2. The molecule has 1 aliphatic heterocycles. The van der Waals surface area contributed by atoms with Gasteiger partial charge in [-0.15, -0.1) is 0 Å². The van der Waals surface area contributed by atoms with Gasteiger partial charge in [0.05, 0.1) is 11.4 Å². The second-order valence-corrected chi connectivity index (χ2v) is 8.77. The number of hydrogen-bond donors (Lipinski definition) is 1. The molecule has 32 heavy (non-hydrogen) atoms. The third-order valence-electron chi connectivity index (χ3n) is 6.48. The van der Waals surface area contributed by atoms with Crippen LogP contribution < -0.4 is 5.32 Å². The van der Waals surface area contributed by atoms with Crippen molar-refractivity contribution in [2.45, 2.75) is 45.1 Å². The minimum absolute atomic E-state index is 0.0542. The lowest BCUT2D eigenvalue weighted by Gasteiger charge is -2.20. The molecule has 1 N–H and O–H groups in total. The van der Waals surface area contributed by atoms with Crippen LogP contribution in [0.5, 0.6) is 0 Å². The number of nitrogens with zero attached hydrogens (tertiary/aromatic N) is 2. The molecule has 5 rings (SSSR count). The first-order chi connectivity index (χ1) is 15.7. The minimum atomic E-state index is -0.123. The van der Waals surface area contributed by atoms with Gasteiger partial charge < -0.3 is 9.88 Å². The van der Waals surface area contributed by atoms with Crippen molar-refractivity contribution in [1.82, 2.24) is 4.57 Å². The number of carbonyl (C=O) groups excluding carboxylic acids is 2. The largest absolute Gasteiger partial charge is 0.342 e. The molecule has 0 spiro atoms. The lowest BCUT2D eigenvalue weighted by atomic mass is 9.87. The van der Waals surface area contributed by atoms with Gasteiger partial charge in [0.15, 0.2) is 0 Å². The highest BCUT2D eigenvalue weighted by Crippen LogP contribution is 2.28. The maximum atomic E-state index is 13.4. The van der Waals surface area contributed by atoms with E-state index in [1.54, 1.807) is 24.3 Å². The third kappa shape index (κ3) is 4.28. The van der Waals surface area contributed by atoms with Gasteiger partial charge in [-0.2, -0.15) is 0 Å². The van der Waals surface area contributed by atoms with Crippen LogP contribution in [0.3, 0.4) is 0 Å². The molecular formula is C27H27N3O2. The fourth-order valence-electron chi connectivity index (χ4n) is 4.76. The van der Waals surface area contributed by atoms with Gasteiger partial charge in [-0.25, -0.2) is 4.99 Å². The number of amides is 1. The average molecular weight is 426 g/mol. The summed E-state index contributed by atoms with van der Waals surface area (Å²) in [5.41, 5.74) is 4.44. The van der Waals surface area contributed by atoms with Gasteiger partial charge >= 0.3 is 0 Å². The number of nitrogens with one attached hydrogen (secondary N) is 1. The standard InChI is InChI=1S/C27H27N3O2/c31-25(17-19-7-2-1-3-8-19)28-22-14-12-20(13-15-22)27(32)26-24-11-6-16-30(24)18-21-9-4-5-10-23(21)29-26/h4-6,9-16,19H,1-3,7-8,17-18H2,(H,28,31). The fourth-order valence-corrected chi connectivity index (χ4v) is 4.76. The van der Waals surface area contributed by atoms with E-state index in [4.69, 9.17) is 4.99 Å². The van der Waals surface area contributed by atoms with Gasteiger partial charge in [0, 0.05) is 30.4 Å². The number of Topliss-reactive ketones (excluding diaryl/α,β-unsaturated/α-hetero) is 1. The van der Waals surface area contributed by atoms with Crippen LogP contribution in [0.15, 0.2) is 71.9 Å². The molecule has 1 aromatic heterocycles. The van der Waals surface area contributed by atoms with Crippen molar-refractivity contribution >= 4 is 28.8 Å². The monoisotopic (exact) mass is 425 g/mol. The number of rotatable bonds is 5. The van der Waals surface area contributed by atoms with Crippen LogP contribution in [0.4, 0.5) is 11.4 Å². The van der Waals surface area contributed by atoms with E-state index in [1.165, 1.54) is 19.3 Å². The van der Waals surface area contributed by atoms with Crippen LogP contribution in [0.2, 0.25) is 0 Å². The smallest absolute Gasteiger partial charge is 0.224 e. The molecule has 0 bridgehead atoms. The quantitative estimate of drug-likeness (QED) is 0.528. The molecule has 1 fully saturated rings. The first-order valence-corrected chi connectivity index (χ1v) is 11.4. The molecule has 2 aliphatic rings. The number of carbonyl (C=O) groups is 2. The van der Waals surface area contributed by atoms with Crippen molar-refractivity contribution in [3.8, 4) is 0 Å². The van der Waals surface area contributed by atoms with E-state index >= 15 is 0 Å². The summed E-state index contributed by atoms with van der Waals surface area (Å²) in [7, 11) is 0. The third-order valence-corrected chi connectivity index (χ3v) is 6.48. The van der Waals surface area contributed by atoms with E-state index in [0.717, 1.165) is 35.5 Å². The Balaban J connectivity index is 1.33. The summed E-state index contributed by atoms with van der Waals surface area (Å²) in [6.07, 6.45) is 8.59. The van der Waals surface area contributed by atoms with E-state index in [2.05, 4.69) is 9.88 Å². The predicted octanol–water partition coefficient (Wildman–Crippen LogP) is 5.76. The van der Waals surface area contributed by atoms with Gasteiger partial charge in [0.1, 0.15) is 5.71 Å². The molecule has 2 aromatic carbocycles. The number of ketones is 1. The molecule has 1 saturated carbocycles. The van der Waals surface area contributed by atoms with Crippen LogP contribution in [-0.4, -0.2) is 22.0 Å². The molecule has 0 unspecified atom stereocenters. The lowest BCUT2D eigenvalue weighted by molar-refractivity contribution is -0.117. The minimum Gasteiger partial charge on any atom is -0.342 e. The van der Waals surface area contributed by atoms with E-state index in [-0.39, 0.29) is 11.7 Å². The summed E-state index contributed by atoms with van der Waals surface area (Å²) < 4.78 is 2.06. The van der Waals surface area contributed by atoms with Gasteiger partial charge in [0.25, 0.3) is 0 Å². The molecular weight excluding hydrogens is 398 g/mol. The number of hydrogen-bond acceptors (Lipinski definition) is 3. The predicted molar refractivity (Wildman–Crippen MR) is 127 cm³/mol. The molecule has 1 aliphatic carbocycles.